The molecule has 4 rings (SSSR count). The van der Waals surface area contributed by atoms with E-state index in [2.05, 4.69) is 4.98 Å². The van der Waals surface area contributed by atoms with Gasteiger partial charge in [-0.3, -0.25) is 9.59 Å². The van der Waals surface area contributed by atoms with Gasteiger partial charge in [-0.25, -0.2) is 9.37 Å². The smallest absolute Gasteiger partial charge is 0.312 e. The topological polar surface area (TPSA) is 104 Å². The van der Waals surface area contributed by atoms with Crippen LogP contribution in [-0.2, 0) is 25.4 Å². The third-order valence-corrected chi connectivity index (χ3v) is 6.95. The van der Waals surface area contributed by atoms with Crippen LogP contribution in [0.2, 0.25) is 0 Å². The predicted octanol–water partition coefficient (Wildman–Crippen LogP) is 4.13. The molecule has 1 saturated carbocycles. The first-order chi connectivity index (χ1) is 17.9. The summed E-state index contributed by atoms with van der Waals surface area (Å²) in [5.74, 6) is -1.96. The quantitative estimate of drug-likeness (QED) is 0.393. The van der Waals surface area contributed by atoms with Crippen molar-refractivity contribution in [2.75, 3.05) is 26.9 Å². The molecule has 4 atom stereocenters. The van der Waals surface area contributed by atoms with E-state index in [4.69, 9.17) is 18.9 Å². The second kappa shape index (κ2) is 12.5. The van der Waals surface area contributed by atoms with Gasteiger partial charge in [-0.15, -0.1) is 0 Å². The number of ketones is 1. The summed E-state index contributed by atoms with van der Waals surface area (Å²) in [5.41, 5.74) is 0.804. The summed E-state index contributed by atoms with van der Waals surface area (Å²) in [5, 5.41) is 10.3. The van der Waals surface area contributed by atoms with Crippen LogP contribution in [0.5, 0.6) is 11.5 Å². The number of hydrogen-bond donors (Lipinski definition) is 1. The SMILES string of the molecule is COc1ccnc(C(=O)C[C@H]2COCC[C@H](Cc3ccc(F)cc3)[C@@H](OCC3CC3)[C@H](C)OC2=O)c1O. The average Bonchev–Trinajstić information content (AvgIpc) is 3.71. The average molecular weight is 516 g/mol. The van der Waals surface area contributed by atoms with Crippen molar-refractivity contribution in [3.63, 3.8) is 0 Å². The van der Waals surface area contributed by atoms with Crippen LogP contribution in [-0.4, -0.2) is 61.0 Å². The number of pyridine rings is 1. The number of rotatable bonds is 9. The van der Waals surface area contributed by atoms with Gasteiger partial charge in [0.1, 0.15) is 11.9 Å². The van der Waals surface area contributed by atoms with Crippen molar-refractivity contribution < 1.29 is 38.0 Å². The standard InChI is InChI=1S/C28H34FNO7/c1-17-27(36-15-19-3-4-19)20(13-18-5-7-22(29)8-6-18)10-12-35-16-21(28(33)37-17)14-23(31)25-26(32)24(34-2)9-11-30-25/h5-9,11,17,19-21,27,32H,3-4,10,12-16H2,1-2H3/t17-,20+,21-,27-/m0/s1. The Bertz CT molecular complexity index is 1070. The normalized spacial score (nSPS) is 24.8. The first-order valence-electron chi connectivity index (χ1n) is 12.7. The summed E-state index contributed by atoms with van der Waals surface area (Å²) >= 11 is 0. The van der Waals surface area contributed by atoms with Gasteiger partial charge in [0.25, 0.3) is 0 Å². The van der Waals surface area contributed by atoms with Gasteiger partial charge in [-0.2, -0.15) is 0 Å². The van der Waals surface area contributed by atoms with Crippen molar-refractivity contribution in [2.45, 2.75) is 51.2 Å². The van der Waals surface area contributed by atoms with Gasteiger partial charge < -0.3 is 24.1 Å². The van der Waals surface area contributed by atoms with Crippen molar-refractivity contribution in [2.24, 2.45) is 17.8 Å². The summed E-state index contributed by atoms with van der Waals surface area (Å²) in [6.45, 7) is 2.77. The van der Waals surface area contributed by atoms with Crippen molar-refractivity contribution in [1.29, 1.82) is 0 Å². The Kier molecular flexibility index (Phi) is 9.10. The minimum absolute atomic E-state index is 0.00110. The molecule has 1 aromatic carbocycles. The molecule has 0 bridgehead atoms. The number of carbonyl (C=O) groups excluding carboxylic acids is 2. The highest BCUT2D eigenvalue weighted by molar-refractivity contribution is 5.99. The summed E-state index contributed by atoms with van der Waals surface area (Å²) in [7, 11) is 1.38. The van der Waals surface area contributed by atoms with Crippen molar-refractivity contribution >= 4 is 11.8 Å². The Morgan fingerprint density at radius 1 is 1.19 bits per heavy atom. The number of hydrogen-bond acceptors (Lipinski definition) is 8. The third-order valence-electron chi connectivity index (χ3n) is 6.95. The highest BCUT2D eigenvalue weighted by Gasteiger charge is 2.36. The number of esters is 1. The number of nitrogens with zero attached hydrogens (tertiary/aromatic N) is 1. The number of aromatic hydroxyl groups is 1. The van der Waals surface area contributed by atoms with E-state index >= 15 is 0 Å². The molecule has 2 heterocycles. The fraction of sp³-hybridized carbons (Fsp3) is 0.536. The number of carbonyl (C=O) groups is 2. The molecular formula is C28H34FNO7. The molecule has 2 aliphatic rings. The molecule has 1 saturated heterocycles. The zero-order chi connectivity index (χ0) is 26.4. The lowest BCUT2D eigenvalue weighted by atomic mass is 9.88. The Morgan fingerprint density at radius 3 is 2.65 bits per heavy atom. The lowest BCUT2D eigenvalue weighted by molar-refractivity contribution is -0.169. The minimum atomic E-state index is -0.861. The molecule has 1 aliphatic carbocycles. The van der Waals surface area contributed by atoms with Crippen LogP contribution in [0.15, 0.2) is 36.5 Å². The van der Waals surface area contributed by atoms with E-state index in [1.54, 1.807) is 12.1 Å². The Labute approximate surface area is 216 Å². The van der Waals surface area contributed by atoms with E-state index in [1.165, 1.54) is 31.5 Å². The number of methoxy groups -OCH3 is 1. The molecule has 0 amide bonds. The molecule has 9 heteroatoms. The second-order valence-corrected chi connectivity index (χ2v) is 9.87. The number of benzene rings is 1. The third kappa shape index (κ3) is 7.26. The number of halogens is 1. The number of Topliss-reactive ketones (excluding diaryl/α,β-unsaturated/α-hetero) is 1. The van der Waals surface area contributed by atoms with Gasteiger partial charge in [-0.1, -0.05) is 12.1 Å². The molecule has 37 heavy (non-hydrogen) atoms. The molecule has 200 valence electrons. The molecule has 1 aliphatic heterocycles. The fourth-order valence-electron chi connectivity index (χ4n) is 4.63. The monoisotopic (exact) mass is 515 g/mol. The van der Waals surface area contributed by atoms with Crippen LogP contribution in [0.4, 0.5) is 4.39 Å². The van der Waals surface area contributed by atoms with Crippen molar-refractivity contribution in [3.8, 4) is 11.5 Å². The first kappa shape index (κ1) is 27.0. The van der Waals surface area contributed by atoms with E-state index in [0.717, 1.165) is 18.4 Å². The molecule has 0 spiro atoms. The van der Waals surface area contributed by atoms with E-state index in [9.17, 15) is 19.1 Å². The summed E-state index contributed by atoms with van der Waals surface area (Å²) < 4.78 is 36.5. The van der Waals surface area contributed by atoms with E-state index < -0.39 is 23.8 Å². The van der Waals surface area contributed by atoms with Gasteiger partial charge >= 0.3 is 5.97 Å². The molecule has 1 N–H and O–H groups in total. The lowest BCUT2D eigenvalue weighted by Gasteiger charge is -2.34. The molecule has 2 aromatic rings. The zero-order valence-electron chi connectivity index (χ0n) is 21.2. The van der Waals surface area contributed by atoms with Crippen LogP contribution in [0.3, 0.4) is 0 Å². The van der Waals surface area contributed by atoms with E-state index in [1.807, 2.05) is 6.92 Å². The fourth-order valence-corrected chi connectivity index (χ4v) is 4.63. The first-order valence-corrected chi connectivity index (χ1v) is 12.7. The molecular weight excluding hydrogens is 481 g/mol. The van der Waals surface area contributed by atoms with Crippen LogP contribution >= 0.6 is 0 Å². The number of aromatic nitrogens is 1. The van der Waals surface area contributed by atoms with E-state index in [-0.39, 0.29) is 48.1 Å². The highest BCUT2D eigenvalue weighted by Crippen LogP contribution is 2.33. The molecule has 1 aromatic heterocycles. The van der Waals surface area contributed by atoms with Gasteiger partial charge in [0, 0.05) is 31.9 Å². The van der Waals surface area contributed by atoms with Crippen LogP contribution < -0.4 is 4.74 Å². The maximum absolute atomic E-state index is 13.4. The largest absolute Gasteiger partial charge is 0.503 e. The maximum Gasteiger partial charge on any atom is 0.312 e. The van der Waals surface area contributed by atoms with Gasteiger partial charge in [0.2, 0.25) is 0 Å². The molecule has 8 nitrogen and oxygen atoms in total. The highest BCUT2D eigenvalue weighted by atomic mass is 19.1. The Morgan fingerprint density at radius 2 is 1.95 bits per heavy atom. The second-order valence-electron chi connectivity index (χ2n) is 9.87. The summed E-state index contributed by atoms with van der Waals surface area (Å²) in [4.78, 5) is 30.0. The van der Waals surface area contributed by atoms with Gasteiger partial charge in [-0.05, 0) is 62.1 Å². The lowest BCUT2D eigenvalue weighted by Crippen LogP contribution is -2.42. The van der Waals surface area contributed by atoms with Gasteiger partial charge in [0.05, 0.1) is 25.7 Å². The van der Waals surface area contributed by atoms with E-state index in [0.29, 0.717) is 32.0 Å². The van der Waals surface area contributed by atoms with Crippen LogP contribution in [0.1, 0.15) is 48.7 Å². The Hall–Kier alpha value is -3.04. The predicted molar refractivity (Wildman–Crippen MR) is 132 cm³/mol. The number of cyclic esters (lactones) is 1. The minimum Gasteiger partial charge on any atom is -0.503 e. The van der Waals surface area contributed by atoms with Crippen molar-refractivity contribution in [3.05, 3.63) is 53.6 Å². The van der Waals surface area contributed by atoms with Crippen molar-refractivity contribution in [1.82, 2.24) is 4.98 Å². The molecule has 2 fully saturated rings. The maximum atomic E-state index is 13.4. The number of ether oxygens (including phenoxy) is 4. The summed E-state index contributed by atoms with van der Waals surface area (Å²) in [6, 6.07) is 7.83. The van der Waals surface area contributed by atoms with Gasteiger partial charge in [0.15, 0.2) is 23.0 Å². The zero-order valence-corrected chi connectivity index (χ0v) is 21.2. The van der Waals surface area contributed by atoms with Crippen LogP contribution in [0, 0.1) is 23.6 Å². The molecule has 0 radical (unpaired) electrons. The Balaban J connectivity index is 1.48. The summed E-state index contributed by atoms with van der Waals surface area (Å²) in [6.07, 6.45) is 3.72. The molecule has 0 unspecified atom stereocenters. The van der Waals surface area contributed by atoms with Crippen LogP contribution in [0.25, 0.3) is 0 Å².